The Morgan fingerprint density at radius 2 is 2.06 bits per heavy atom. The zero-order chi connectivity index (χ0) is 11.5. The lowest BCUT2D eigenvalue weighted by atomic mass is 10.0. The van der Waals surface area contributed by atoms with Gasteiger partial charge in [-0.05, 0) is 30.5 Å². The Bertz CT molecular complexity index is 384. The van der Waals surface area contributed by atoms with E-state index in [-0.39, 0.29) is 19.4 Å². The number of fused-ring (bicyclic) bond motifs is 1. The van der Waals surface area contributed by atoms with Crippen LogP contribution in [-0.2, 0) is 0 Å². The Morgan fingerprint density at radius 3 is 2.75 bits per heavy atom. The van der Waals surface area contributed by atoms with Gasteiger partial charge in [-0.2, -0.15) is 0 Å². The average molecular weight is 288 g/mol. The van der Waals surface area contributed by atoms with Gasteiger partial charge in [-0.25, -0.2) is 0 Å². The maximum Gasteiger partial charge on any atom is 0.231 e. The first-order valence-electron chi connectivity index (χ1n) is 5.18. The fourth-order valence-electron chi connectivity index (χ4n) is 1.68. The summed E-state index contributed by atoms with van der Waals surface area (Å²) in [7, 11) is 0. The van der Waals surface area contributed by atoms with Crippen LogP contribution in [0.3, 0.4) is 0 Å². The van der Waals surface area contributed by atoms with Crippen LogP contribution in [0.5, 0.6) is 11.5 Å². The van der Waals surface area contributed by atoms with Crippen molar-refractivity contribution in [1.29, 1.82) is 0 Å². The third-order valence-electron chi connectivity index (χ3n) is 2.56. The van der Waals surface area contributed by atoms with Gasteiger partial charge >= 0.3 is 0 Å². The van der Waals surface area contributed by atoms with E-state index in [2.05, 4.69) is 15.9 Å². The zero-order valence-corrected chi connectivity index (χ0v) is 10.4. The first-order chi connectivity index (χ1) is 7.72. The molecule has 1 aliphatic heterocycles. The minimum Gasteiger partial charge on any atom is -0.454 e. The highest BCUT2D eigenvalue weighted by molar-refractivity contribution is 9.10. The highest BCUT2D eigenvalue weighted by Crippen LogP contribution is 2.39. The van der Waals surface area contributed by atoms with E-state index in [0.717, 1.165) is 28.0 Å². The van der Waals surface area contributed by atoms with E-state index in [1.165, 1.54) is 0 Å². The number of hydrogen-bond donors (Lipinski definition) is 2. The van der Waals surface area contributed by atoms with Gasteiger partial charge < -0.3 is 20.3 Å². The number of aliphatic hydroxyl groups excluding tert-OH is 1. The molecule has 0 fully saturated rings. The summed E-state index contributed by atoms with van der Waals surface area (Å²) in [5.74, 6) is 1.47. The van der Waals surface area contributed by atoms with Crippen molar-refractivity contribution in [1.82, 2.24) is 0 Å². The number of nitrogens with two attached hydrogens (primary N) is 1. The smallest absolute Gasteiger partial charge is 0.231 e. The van der Waals surface area contributed by atoms with Crippen LogP contribution in [0.15, 0.2) is 16.6 Å². The molecule has 3 N–H and O–H groups in total. The second kappa shape index (κ2) is 5.03. The normalized spacial score (nSPS) is 15.2. The van der Waals surface area contributed by atoms with Crippen LogP contribution in [0.2, 0.25) is 0 Å². The minimum absolute atomic E-state index is 0.101. The van der Waals surface area contributed by atoms with E-state index in [1.807, 2.05) is 12.1 Å². The number of rotatable bonds is 4. The van der Waals surface area contributed by atoms with E-state index in [4.69, 9.17) is 20.3 Å². The molecule has 0 aliphatic carbocycles. The molecule has 0 amide bonds. The van der Waals surface area contributed by atoms with E-state index in [9.17, 15) is 0 Å². The van der Waals surface area contributed by atoms with Gasteiger partial charge in [0.1, 0.15) is 0 Å². The summed E-state index contributed by atoms with van der Waals surface area (Å²) in [5, 5.41) is 8.77. The number of aliphatic hydroxyl groups is 1. The predicted octanol–water partition coefficient (Wildman–Crippen LogP) is 1.95. The minimum atomic E-state index is -0.101. The second-order valence-electron chi connectivity index (χ2n) is 3.70. The van der Waals surface area contributed by atoms with Crippen molar-refractivity contribution < 1.29 is 14.6 Å². The lowest BCUT2D eigenvalue weighted by Crippen LogP contribution is -2.11. The van der Waals surface area contributed by atoms with Gasteiger partial charge in [0.15, 0.2) is 11.5 Å². The largest absolute Gasteiger partial charge is 0.454 e. The number of hydrogen-bond acceptors (Lipinski definition) is 4. The SMILES string of the molecule is N[C@@H](CCCO)c1cc2c(cc1Br)OCO2. The summed E-state index contributed by atoms with van der Waals surface area (Å²) in [4.78, 5) is 0. The standard InChI is InChI=1S/C11H14BrNO3/c12-8-5-11-10(15-6-16-11)4-7(8)9(13)2-1-3-14/h4-5,9,14H,1-3,6,13H2/t9-/m0/s1. The molecule has 0 radical (unpaired) electrons. The van der Waals surface area contributed by atoms with E-state index >= 15 is 0 Å². The maximum atomic E-state index is 8.77. The second-order valence-corrected chi connectivity index (χ2v) is 4.55. The fraction of sp³-hybridized carbons (Fsp3) is 0.455. The third kappa shape index (κ3) is 2.31. The van der Waals surface area contributed by atoms with Gasteiger partial charge in [-0.3, -0.25) is 0 Å². The van der Waals surface area contributed by atoms with Crippen molar-refractivity contribution in [3.05, 3.63) is 22.2 Å². The van der Waals surface area contributed by atoms with Crippen LogP contribution < -0.4 is 15.2 Å². The van der Waals surface area contributed by atoms with E-state index < -0.39 is 0 Å². The molecule has 2 rings (SSSR count). The van der Waals surface area contributed by atoms with Crippen molar-refractivity contribution in [2.75, 3.05) is 13.4 Å². The summed E-state index contributed by atoms with van der Waals surface area (Å²) in [5.41, 5.74) is 7.02. The number of benzene rings is 1. The monoisotopic (exact) mass is 287 g/mol. The van der Waals surface area contributed by atoms with Crippen molar-refractivity contribution >= 4 is 15.9 Å². The Morgan fingerprint density at radius 1 is 1.38 bits per heavy atom. The molecule has 0 saturated heterocycles. The lowest BCUT2D eigenvalue weighted by molar-refractivity contribution is 0.174. The van der Waals surface area contributed by atoms with Crippen molar-refractivity contribution in [3.8, 4) is 11.5 Å². The number of ether oxygens (including phenoxy) is 2. The van der Waals surface area contributed by atoms with Crippen LogP contribution in [0, 0.1) is 0 Å². The molecule has 1 aromatic carbocycles. The Kier molecular flexibility index (Phi) is 3.68. The summed E-state index contributed by atoms with van der Waals surface area (Å²) in [6.07, 6.45) is 1.44. The van der Waals surface area contributed by atoms with Crippen LogP contribution in [-0.4, -0.2) is 18.5 Å². The molecule has 1 heterocycles. The first-order valence-corrected chi connectivity index (χ1v) is 5.97. The van der Waals surface area contributed by atoms with Gasteiger partial charge in [0.05, 0.1) is 0 Å². The van der Waals surface area contributed by atoms with E-state index in [0.29, 0.717) is 6.42 Å². The summed E-state index contributed by atoms with van der Waals surface area (Å²) < 4.78 is 11.5. The zero-order valence-electron chi connectivity index (χ0n) is 8.78. The van der Waals surface area contributed by atoms with Gasteiger partial charge in [0, 0.05) is 17.1 Å². The van der Waals surface area contributed by atoms with Crippen LogP contribution in [0.25, 0.3) is 0 Å². The topological polar surface area (TPSA) is 64.7 Å². The lowest BCUT2D eigenvalue weighted by Gasteiger charge is -2.14. The quantitative estimate of drug-likeness (QED) is 0.888. The van der Waals surface area contributed by atoms with Crippen LogP contribution >= 0.6 is 15.9 Å². The van der Waals surface area contributed by atoms with Gasteiger partial charge in [-0.1, -0.05) is 15.9 Å². The molecule has 5 heteroatoms. The molecule has 1 aliphatic rings. The van der Waals surface area contributed by atoms with Crippen LogP contribution in [0.1, 0.15) is 24.4 Å². The predicted molar refractivity (Wildman–Crippen MR) is 63.5 cm³/mol. The molecule has 0 aromatic heterocycles. The summed E-state index contributed by atoms with van der Waals surface area (Å²) in [6, 6.07) is 3.67. The molecule has 16 heavy (non-hydrogen) atoms. The first kappa shape index (κ1) is 11.7. The van der Waals surface area contributed by atoms with E-state index in [1.54, 1.807) is 0 Å². The van der Waals surface area contributed by atoms with Gasteiger partial charge in [0.2, 0.25) is 6.79 Å². The average Bonchev–Trinajstić information content (AvgIpc) is 2.71. The Balaban J connectivity index is 2.20. The molecular formula is C11H14BrNO3. The third-order valence-corrected chi connectivity index (χ3v) is 3.25. The van der Waals surface area contributed by atoms with Gasteiger partial charge in [0.25, 0.3) is 0 Å². The Hall–Kier alpha value is -0.780. The van der Waals surface area contributed by atoms with Crippen molar-refractivity contribution in [2.45, 2.75) is 18.9 Å². The van der Waals surface area contributed by atoms with Crippen LogP contribution in [0.4, 0.5) is 0 Å². The molecule has 88 valence electrons. The molecule has 4 nitrogen and oxygen atoms in total. The Labute approximate surface area is 102 Å². The highest BCUT2D eigenvalue weighted by atomic mass is 79.9. The molecule has 1 aromatic rings. The molecule has 1 atom stereocenters. The molecular weight excluding hydrogens is 274 g/mol. The van der Waals surface area contributed by atoms with Crippen molar-refractivity contribution in [2.24, 2.45) is 5.73 Å². The summed E-state index contributed by atoms with van der Waals surface area (Å²) in [6.45, 7) is 0.424. The summed E-state index contributed by atoms with van der Waals surface area (Å²) >= 11 is 3.46. The molecule has 0 saturated carbocycles. The molecule has 0 bridgehead atoms. The molecule has 0 unspecified atom stereocenters. The number of halogens is 1. The molecule has 0 spiro atoms. The fourth-order valence-corrected chi connectivity index (χ4v) is 2.30. The van der Waals surface area contributed by atoms with Crippen molar-refractivity contribution in [3.63, 3.8) is 0 Å². The highest BCUT2D eigenvalue weighted by Gasteiger charge is 2.19. The van der Waals surface area contributed by atoms with Gasteiger partial charge in [-0.15, -0.1) is 0 Å². The maximum absolute atomic E-state index is 8.77.